The molecule has 0 aromatic heterocycles. The van der Waals surface area contributed by atoms with Crippen molar-refractivity contribution in [1.82, 2.24) is 10.6 Å². The molecule has 4 aliphatic rings. The standard InChI is InChI=1S/C28H51NO5S.C12H28N2/c1-17(2)25(34-35(31,32)33)10-7-18(3)21-8-9-22-26-23(12-14-28(21,22)5)27(4)13-11-20(29-6)15-19(27)16-24(26)30;1-2-3-11-14-12-9-7-5-4-6-8-10-13/h17-26,29-30H,7-16H2,1-6H3,(H,31,32,33);14H,2-13H2,1H3/t18-,19-,20+,21-,22?,23?,24-,25+,26?,27+,28-;/m1./s1. The Morgan fingerprint density at radius 3 is 2.12 bits per heavy atom. The molecule has 3 unspecified atom stereocenters. The SMILES string of the molecule is CCCCNCCCCCCCCN.CN[C@H]1CC[C@]2(C)C3CC[C@@]4(C)C(CC[C@@H]4[C@H](C)CC[C@H](OS(=O)(=O)O)C(C)C)C3[C@H](O)C[C@H]2C1. The van der Waals surface area contributed by atoms with E-state index in [4.69, 9.17) is 9.92 Å². The fourth-order valence-corrected chi connectivity index (χ4v) is 11.9. The smallest absolute Gasteiger partial charge is 0.393 e. The van der Waals surface area contributed by atoms with Gasteiger partial charge in [-0.15, -0.1) is 0 Å². The Bertz CT molecular complexity index is 1030. The molecule has 8 nitrogen and oxygen atoms in total. The number of rotatable bonds is 19. The maximum Gasteiger partial charge on any atom is 0.397 e. The maximum absolute atomic E-state index is 11.5. The molecule has 0 radical (unpaired) electrons. The van der Waals surface area contributed by atoms with E-state index in [1.165, 1.54) is 109 Å². The molecule has 4 rings (SSSR count). The number of nitrogens with one attached hydrogen (secondary N) is 2. The Hall–Kier alpha value is -0.290. The van der Waals surface area contributed by atoms with Crippen molar-refractivity contribution in [2.75, 3.05) is 26.7 Å². The average molecular weight is 714 g/mol. The molecule has 11 atom stereocenters. The first kappa shape index (κ1) is 43.1. The molecule has 0 bridgehead atoms. The van der Waals surface area contributed by atoms with Crippen LogP contribution in [0, 0.1) is 52.3 Å². The van der Waals surface area contributed by atoms with E-state index in [0.717, 1.165) is 19.4 Å². The van der Waals surface area contributed by atoms with Crippen molar-refractivity contribution in [3.05, 3.63) is 0 Å². The van der Waals surface area contributed by atoms with Gasteiger partial charge >= 0.3 is 10.4 Å². The lowest BCUT2D eigenvalue weighted by Gasteiger charge is -2.62. The summed E-state index contributed by atoms with van der Waals surface area (Å²) in [6.07, 6.45) is 21.1. The first-order valence-corrected chi connectivity index (χ1v) is 22.0. The number of aliphatic hydroxyl groups is 1. The Balaban J connectivity index is 0.000000393. The number of nitrogens with two attached hydrogens (primary N) is 1. The van der Waals surface area contributed by atoms with Crippen LogP contribution in [0.25, 0.3) is 0 Å². The molecule has 0 aromatic carbocycles. The number of hydrogen-bond acceptors (Lipinski definition) is 7. The molecule has 4 aliphatic carbocycles. The van der Waals surface area contributed by atoms with E-state index in [0.29, 0.717) is 53.4 Å². The van der Waals surface area contributed by atoms with Crippen LogP contribution < -0.4 is 16.4 Å². The molecule has 0 saturated heterocycles. The lowest BCUT2D eigenvalue weighted by molar-refractivity contribution is -0.166. The first-order chi connectivity index (χ1) is 23.2. The average Bonchev–Trinajstić information content (AvgIpc) is 3.41. The normalized spacial score (nSPS) is 35.5. The van der Waals surface area contributed by atoms with Crippen LogP contribution >= 0.6 is 0 Å². The summed E-state index contributed by atoms with van der Waals surface area (Å²) in [6, 6.07) is 0.599. The van der Waals surface area contributed by atoms with Crippen molar-refractivity contribution in [3.8, 4) is 0 Å². The maximum atomic E-state index is 11.5. The summed E-state index contributed by atoms with van der Waals surface area (Å²) in [5, 5.41) is 18.5. The van der Waals surface area contributed by atoms with Gasteiger partial charge in [0.2, 0.25) is 0 Å². The summed E-state index contributed by atoms with van der Waals surface area (Å²) < 4.78 is 36.8. The summed E-state index contributed by atoms with van der Waals surface area (Å²) in [4.78, 5) is 0. The topological polar surface area (TPSA) is 134 Å². The summed E-state index contributed by atoms with van der Waals surface area (Å²) in [6.45, 7) is 16.7. The number of hydrogen-bond donors (Lipinski definition) is 5. The Morgan fingerprint density at radius 2 is 1.49 bits per heavy atom. The first-order valence-electron chi connectivity index (χ1n) is 20.6. The number of aliphatic hydroxyl groups excluding tert-OH is 1. The molecule has 0 aromatic rings. The van der Waals surface area contributed by atoms with E-state index in [-0.39, 0.29) is 17.4 Å². The van der Waals surface area contributed by atoms with Gasteiger partial charge in [0.15, 0.2) is 0 Å². The second-order valence-electron chi connectivity index (χ2n) is 17.7. The highest BCUT2D eigenvalue weighted by molar-refractivity contribution is 7.80. The van der Waals surface area contributed by atoms with Gasteiger partial charge in [-0.25, -0.2) is 4.18 Å². The number of fused-ring (bicyclic) bond motifs is 5. The molecular formula is C40H79N3O5S. The third-order valence-corrected chi connectivity index (χ3v) is 14.8. The monoisotopic (exact) mass is 714 g/mol. The fourth-order valence-electron chi connectivity index (χ4n) is 11.3. The Labute approximate surface area is 302 Å². The van der Waals surface area contributed by atoms with E-state index in [1.54, 1.807) is 0 Å². The highest BCUT2D eigenvalue weighted by Gasteiger charge is 2.62. The summed E-state index contributed by atoms with van der Waals surface area (Å²) >= 11 is 0. The van der Waals surface area contributed by atoms with Gasteiger partial charge in [-0.2, -0.15) is 8.42 Å². The van der Waals surface area contributed by atoms with Crippen LogP contribution in [-0.2, 0) is 14.6 Å². The zero-order chi connectivity index (χ0) is 36.2. The van der Waals surface area contributed by atoms with Crippen molar-refractivity contribution in [1.29, 1.82) is 0 Å². The van der Waals surface area contributed by atoms with Gasteiger partial charge in [0.25, 0.3) is 0 Å². The zero-order valence-corrected chi connectivity index (χ0v) is 33.5. The molecule has 49 heavy (non-hydrogen) atoms. The Morgan fingerprint density at radius 1 is 0.857 bits per heavy atom. The molecule has 6 N–H and O–H groups in total. The van der Waals surface area contributed by atoms with Gasteiger partial charge in [0.05, 0.1) is 12.2 Å². The van der Waals surface area contributed by atoms with Crippen molar-refractivity contribution in [3.63, 3.8) is 0 Å². The van der Waals surface area contributed by atoms with Crippen molar-refractivity contribution in [2.45, 2.75) is 175 Å². The lowest BCUT2D eigenvalue weighted by atomic mass is 9.43. The zero-order valence-electron chi connectivity index (χ0n) is 32.7. The molecule has 9 heteroatoms. The van der Waals surface area contributed by atoms with Crippen LogP contribution in [0.1, 0.15) is 157 Å². The van der Waals surface area contributed by atoms with Crippen LogP contribution in [0.2, 0.25) is 0 Å². The predicted molar refractivity (Wildman–Crippen MR) is 204 cm³/mol. The molecule has 0 heterocycles. The lowest BCUT2D eigenvalue weighted by Crippen LogP contribution is -2.59. The minimum atomic E-state index is -4.44. The summed E-state index contributed by atoms with van der Waals surface area (Å²) in [7, 11) is -2.36. The van der Waals surface area contributed by atoms with Crippen LogP contribution in [0.15, 0.2) is 0 Å². The second-order valence-corrected chi connectivity index (χ2v) is 18.7. The quantitative estimate of drug-likeness (QED) is 0.0669. The molecule has 0 spiro atoms. The van der Waals surface area contributed by atoms with E-state index < -0.39 is 16.5 Å². The van der Waals surface area contributed by atoms with Crippen LogP contribution in [0.5, 0.6) is 0 Å². The molecular weight excluding hydrogens is 635 g/mol. The van der Waals surface area contributed by atoms with Gasteiger partial charge in [0.1, 0.15) is 0 Å². The second kappa shape index (κ2) is 20.2. The predicted octanol–water partition coefficient (Wildman–Crippen LogP) is 8.14. The number of unbranched alkanes of at least 4 members (excludes halogenated alkanes) is 6. The van der Waals surface area contributed by atoms with Crippen molar-refractivity contribution >= 4 is 10.4 Å². The van der Waals surface area contributed by atoms with Crippen molar-refractivity contribution in [2.24, 2.45) is 58.0 Å². The summed E-state index contributed by atoms with van der Waals surface area (Å²) in [5.41, 5.74) is 6.03. The fraction of sp³-hybridized carbons (Fsp3) is 1.00. The molecule has 0 aliphatic heterocycles. The van der Waals surface area contributed by atoms with Crippen molar-refractivity contribution < 1.29 is 22.3 Å². The van der Waals surface area contributed by atoms with Gasteiger partial charge in [-0.3, -0.25) is 4.55 Å². The van der Waals surface area contributed by atoms with Crippen LogP contribution in [-0.4, -0.2) is 63.0 Å². The summed E-state index contributed by atoms with van der Waals surface area (Å²) in [5.74, 6) is 3.34. The Kier molecular flexibility index (Phi) is 17.8. The van der Waals surface area contributed by atoms with E-state index in [2.05, 4.69) is 45.4 Å². The third-order valence-electron chi connectivity index (χ3n) is 14.3. The van der Waals surface area contributed by atoms with Gasteiger partial charge < -0.3 is 21.5 Å². The molecule has 4 saturated carbocycles. The van der Waals surface area contributed by atoms with Gasteiger partial charge in [-0.1, -0.05) is 73.6 Å². The van der Waals surface area contributed by atoms with E-state index >= 15 is 0 Å². The van der Waals surface area contributed by atoms with E-state index in [9.17, 15) is 18.1 Å². The highest BCUT2D eigenvalue weighted by atomic mass is 32.3. The minimum Gasteiger partial charge on any atom is -0.393 e. The molecule has 4 fully saturated rings. The van der Waals surface area contributed by atoms with E-state index in [1.807, 2.05) is 13.8 Å². The largest absolute Gasteiger partial charge is 0.397 e. The highest BCUT2D eigenvalue weighted by Crippen LogP contribution is 2.68. The van der Waals surface area contributed by atoms with Gasteiger partial charge in [0, 0.05) is 6.04 Å². The minimum absolute atomic E-state index is 0.0237. The molecule has 0 amide bonds. The molecule has 290 valence electrons. The van der Waals surface area contributed by atoms with Crippen LogP contribution in [0.3, 0.4) is 0 Å². The third kappa shape index (κ3) is 11.9. The van der Waals surface area contributed by atoms with Gasteiger partial charge in [-0.05, 0) is 162 Å². The van der Waals surface area contributed by atoms with Crippen LogP contribution in [0.4, 0.5) is 0 Å².